The van der Waals surface area contributed by atoms with Gasteiger partial charge in [-0.05, 0) is 16.7 Å². The van der Waals surface area contributed by atoms with Crippen LogP contribution < -0.4 is 0 Å². The first-order valence-corrected chi connectivity index (χ1v) is 10.9. The van der Waals surface area contributed by atoms with E-state index in [1.807, 2.05) is 42.5 Å². The Morgan fingerprint density at radius 3 is 1.31 bits per heavy atom. The molecule has 172 valence electrons. The van der Waals surface area contributed by atoms with Crippen LogP contribution in [0.1, 0.15) is 16.7 Å². The molecule has 32 heavy (non-hydrogen) atoms. The zero-order valence-corrected chi connectivity index (χ0v) is 18.3. The summed E-state index contributed by atoms with van der Waals surface area (Å²) in [6.45, 7) is 1.73. The Hall–Kier alpha value is -2.54. The average Bonchev–Trinajstić information content (AvgIpc) is 3.75. The van der Waals surface area contributed by atoms with Crippen molar-refractivity contribution in [2.75, 3.05) is 19.8 Å². The topological polar surface area (TPSA) is 97.0 Å². The maximum absolute atomic E-state index is 9.06. The lowest BCUT2D eigenvalue weighted by Gasteiger charge is -2.05. The van der Waals surface area contributed by atoms with Gasteiger partial charge in [0.2, 0.25) is 0 Å². The number of ether oxygens (including phenoxy) is 2. The Bertz CT molecular complexity index is 784. The monoisotopic (exact) mass is 438 g/mol. The van der Waals surface area contributed by atoms with Gasteiger partial charge in [-0.1, -0.05) is 91.0 Å². The summed E-state index contributed by atoms with van der Waals surface area (Å²) in [6.07, 6.45) is 3.10. The second-order valence-corrected chi connectivity index (χ2v) is 7.82. The fourth-order valence-electron chi connectivity index (χ4n) is 3.08. The van der Waals surface area contributed by atoms with E-state index in [9.17, 15) is 0 Å². The van der Waals surface area contributed by atoms with Crippen molar-refractivity contribution in [3.63, 3.8) is 0 Å². The number of rotatable bonds is 7. The summed E-state index contributed by atoms with van der Waals surface area (Å²) in [5.74, 6) is 0. The molecule has 2 aliphatic heterocycles. The van der Waals surface area contributed by atoms with E-state index in [0.717, 1.165) is 31.6 Å². The number of aliphatic hydroxyl groups excluding tert-OH is 2. The second-order valence-electron chi connectivity index (χ2n) is 7.82. The van der Waals surface area contributed by atoms with E-state index < -0.39 is 6.10 Å². The highest BCUT2D eigenvalue weighted by Crippen LogP contribution is 2.16. The van der Waals surface area contributed by atoms with Crippen LogP contribution in [0.3, 0.4) is 0 Å². The van der Waals surface area contributed by atoms with Crippen molar-refractivity contribution in [1.82, 2.24) is 0 Å². The van der Waals surface area contributed by atoms with E-state index in [1.54, 1.807) is 0 Å². The fraction of sp³-hybridized carbons (Fsp3) is 0.333. The van der Waals surface area contributed by atoms with Gasteiger partial charge in [0.25, 0.3) is 0 Å². The molecule has 5 nitrogen and oxygen atoms in total. The van der Waals surface area contributed by atoms with Crippen LogP contribution in [-0.2, 0) is 28.7 Å². The van der Waals surface area contributed by atoms with Gasteiger partial charge in [-0.2, -0.15) is 0 Å². The van der Waals surface area contributed by atoms with Gasteiger partial charge in [-0.15, -0.1) is 0 Å². The van der Waals surface area contributed by atoms with Crippen LogP contribution in [0.15, 0.2) is 91.0 Å². The molecule has 3 atom stereocenters. The molecule has 0 bridgehead atoms. The summed E-state index contributed by atoms with van der Waals surface area (Å²) in [5, 5.41) is 17.6. The molecule has 0 radical (unpaired) electrons. The Labute approximate surface area is 190 Å². The Morgan fingerprint density at radius 2 is 1.00 bits per heavy atom. The van der Waals surface area contributed by atoms with Crippen molar-refractivity contribution in [2.24, 2.45) is 0 Å². The highest BCUT2D eigenvalue weighted by Gasteiger charge is 2.22. The van der Waals surface area contributed by atoms with E-state index in [2.05, 4.69) is 48.5 Å². The van der Waals surface area contributed by atoms with Crippen molar-refractivity contribution in [3.05, 3.63) is 108 Å². The minimum Gasteiger partial charge on any atom is -0.412 e. The highest BCUT2D eigenvalue weighted by molar-refractivity contribution is 5.17. The SMILES string of the molecule is O.OC[C@@H](O)Cc1ccccc1.c1ccc(CC2CO2)cc1.c1ccc(C[C@@H]2CO2)cc1. The van der Waals surface area contributed by atoms with E-state index in [0.29, 0.717) is 18.6 Å². The van der Waals surface area contributed by atoms with Gasteiger partial charge in [0.15, 0.2) is 0 Å². The van der Waals surface area contributed by atoms with Crippen LogP contribution in [0, 0.1) is 0 Å². The van der Waals surface area contributed by atoms with E-state index in [-0.39, 0.29) is 12.1 Å². The first kappa shape index (κ1) is 25.7. The molecule has 2 heterocycles. The zero-order chi connectivity index (χ0) is 21.7. The summed E-state index contributed by atoms with van der Waals surface area (Å²) in [7, 11) is 0. The van der Waals surface area contributed by atoms with Crippen LogP contribution in [0.4, 0.5) is 0 Å². The molecule has 2 aliphatic rings. The van der Waals surface area contributed by atoms with Crippen molar-refractivity contribution in [1.29, 1.82) is 0 Å². The Morgan fingerprint density at radius 1 is 0.656 bits per heavy atom. The molecule has 0 spiro atoms. The molecule has 5 rings (SSSR count). The number of hydrogen-bond acceptors (Lipinski definition) is 4. The molecule has 4 N–H and O–H groups in total. The summed E-state index contributed by atoms with van der Waals surface area (Å²) in [6, 6.07) is 30.5. The van der Waals surface area contributed by atoms with Crippen molar-refractivity contribution >= 4 is 0 Å². The molecule has 3 aromatic carbocycles. The standard InChI is InChI=1S/C9H12O2.2C9H10O.H2O/c10-7-9(11)6-8-4-2-1-3-5-8;2*1-2-4-8(5-3-1)6-9-7-10-9;/h1-5,9-11H,6-7H2;2*1-5,9H,6-7H2;1H2/t2*9-;;/m01../s1. The molecular weight excluding hydrogens is 404 g/mol. The molecule has 1 unspecified atom stereocenters. The molecule has 0 saturated carbocycles. The number of hydrogen-bond donors (Lipinski definition) is 2. The molecule has 0 amide bonds. The average molecular weight is 439 g/mol. The number of epoxide rings is 2. The van der Waals surface area contributed by atoms with Crippen LogP contribution >= 0.6 is 0 Å². The van der Waals surface area contributed by atoms with Gasteiger partial charge in [-0.25, -0.2) is 0 Å². The lowest BCUT2D eigenvalue weighted by molar-refractivity contribution is 0.0955. The van der Waals surface area contributed by atoms with Crippen molar-refractivity contribution in [3.8, 4) is 0 Å². The van der Waals surface area contributed by atoms with Gasteiger partial charge in [0.1, 0.15) is 0 Å². The van der Waals surface area contributed by atoms with Crippen LogP contribution in [0.5, 0.6) is 0 Å². The first-order valence-electron chi connectivity index (χ1n) is 10.9. The van der Waals surface area contributed by atoms with Crippen molar-refractivity contribution < 1.29 is 25.2 Å². The van der Waals surface area contributed by atoms with Gasteiger partial charge in [-0.3, -0.25) is 0 Å². The van der Waals surface area contributed by atoms with Gasteiger partial charge in [0, 0.05) is 19.3 Å². The van der Waals surface area contributed by atoms with Crippen LogP contribution in [0.25, 0.3) is 0 Å². The number of aliphatic hydroxyl groups is 2. The zero-order valence-electron chi connectivity index (χ0n) is 18.3. The van der Waals surface area contributed by atoms with E-state index >= 15 is 0 Å². The molecular formula is C27H34O5. The lowest BCUT2D eigenvalue weighted by atomic mass is 10.1. The van der Waals surface area contributed by atoms with E-state index in [1.165, 1.54) is 11.1 Å². The minimum absolute atomic E-state index is 0. The fourth-order valence-corrected chi connectivity index (χ4v) is 3.08. The van der Waals surface area contributed by atoms with Gasteiger partial charge >= 0.3 is 0 Å². The normalized spacial score (nSPS) is 18.6. The van der Waals surface area contributed by atoms with Gasteiger partial charge in [0.05, 0.1) is 38.1 Å². The smallest absolute Gasteiger partial charge is 0.0850 e. The predicted molar refractivity (Wildman–Crippen MR) is 127 cm³/mol. The summed E-state index contributed by atoms with van der Waals surface area (Å²) < 4.78 is 10.2. The maximum Gasteiger partial charge on any atom is 0.0850 e. The molecule has 0 aliphatic carbocycles. The number of benzene rings is 3. The van der Waals surface area contributed by atoms with Crippen LogP contribution in [0.2, 0.25) is 0 Å². The molecule has 5 heteroatoms. The first-order chi connectivity index (χ1) is 15.2. The summed E-state index contributed by atoms with van der Waals surface area (Å²) in [5.41, 5.74) is 3.81. The molecule has 2 saturated heterocycles. The Kier molecular flexibility index (Phi) is 11.7. The largest absolute Gasteiger partial charge is 0.412 e. The third-order valence-electron chi connectivity index (χ3n) is 4.94. The third-order valence-corrected chi connectivity index (χ3v) is 4.94. The predicted octanol–water partition coefficient (Wildman–Crippen LogP) is 3.01. The quantitative estimate of drug-likeness (QED) is 0.554. The summed E-state index contributed by atoms with van der Waals surface area (Å²) in [4.78, 5) is 0. The van der Waals surface area contributed by atoms with Crippen molar-refractivity contribution in [2.45, 2.75) is 37.6 Å². The lowest BCUT2D eigenvalue weighted by Crippen LogP contribution is -2.14. The Balaban J connectivity index is 0.000000168. The van der Waals surface area contributed by atoms with Crippen LogP contribution in [-0.4, -0.2) is 53.8 Å². The molecule has 3 aromatic rings. The molecule has 2 fully saturated rings. The maximum atomic E-state index is 9.06. The highest BCUT2D eigenvalue weighted by atomic mass is 16.6. The molecule has 0 aromatic heterocycles. The van der Waals surface area contributed by atoms with E-state index in [4.69, 9.17) is 19.7 Å². The third kappa shape index (κ3) is 11.2. The summed E-state index contributed by atoms with van der Waals surface area (Å²) >= 11 is 0. The minimum atomic E-state index is -0.627. The van der Waals surface area contributed by atoms with Gasteiger partial charge < -0.3 is 25.2 Å². The second kappa shape index (κ2) is 14.5.